The SMILES string of the molecule is COc1ccc(CCC(=O)OC(C)C(=O)Nc2ccc(S(=O)(=O)N3CCOCC3)cc2)cc1. The summed E-state index contributed by atoms with van der Waals surface area (Å²) in [5.41, 5.74) is 1.36. The summed E-state index contributed by atoms with van der Waals surface area (Å²) in [6.45, 7) is 2.83. The second-order valence-corrected chi connectivity index (χ2v) is 9.45. The Morgan fingerprint density at radius 3 is 2.30 bits per heavy atom. The van der Waals surface area contributed by atoms with Crippen LogP contribution in [0.1, 0.15) is 18.9 Å². The number of nitrogens with zero attached hydrogens (tertiary/aromatic N) is 1. The summed E-state index contributed by atoms with van der Waals surface area (Å²) in [6, 6.07) is 13.2. The van der Waals surface area contributed by atoms with Crippen LogP contribution in [0.2, 0.25) is 0 Å². The van der Waals surface area contributed by atoms with Gasteiger partial charge in [0.15, 0.2) is 6.10 Å². The molecule has 1 aliphatic heterocycles. The van der Waals surface area contributed by atoms with E-state index in [2.05, 4.69) is 5.32 Å². The van der Waals surface area contributed by atoms with E-state index in [0.29, 0.717) is 38.4 Å². The summed E-state index contributed by atoms with van der Waals surface area (Å²) in [5, 5.41) is 2.63. The summed E-state index contributed by atoms with van der Waals surface area (Å²) in [7, 11) is -2.02. The molecule has 1 unspecified atom stereocenters. The molecule has 2 aromatic carbocycles. The molecule has 1 fully saturated rings. The van der Waals surface area contributed by atoms with Gasteiger partial charge in [-0.1, -0.05) is 12.1 Å². The van der Waals surface area contributed by atoms with E-state index in [4.69, 9.17) is 14.2 Å². The lowest BCUT2D eigenvalue weighted by Crippen LogP contribution is -2.40. The number of aryl methyl sites for hydroxylation is 1. The number of sulfonamides is 1. The normalized spacial score (nSPS) is 15.5. The van der Waals surface area contributed by atoms with Gasteiger partial charge in [-0.25, -0.2) is 8.42 Å². The van der Waals surface area contributed by atoms with Crippen molar-refractivity contribution in [2.45, 2.75) is 30.8 Å². The zero-order chi connectivity index (χ0) is 23.8. The molecule has 0 bridgehead atoms. The molecule has 3 rings (SSSR count). The van der Waals surface area contributed by atoms with Gasteiger partial charge in [0.05, 0.1) is 25.2 Å². The molecule has 9 nitrogen and oxygen atoms in total. The van der Waals surface area contributed by atoms with Crippen LogP contribution in [0, 0.1) is 0 Å². The second-order valence-electron chi connectivity index (χ2n) is 7.51. The largest absolute Gasteiger partial charge is 0.497 e. The van der Waals surface area contributed by atoms with Gasteiger partial charge in [0, 0.05) is 25.2 Å². The first-order chi connectivity index (χ1) is 15.8. The van der Waals surface area contributed by atoms with Crippen LogP contribution < -0.4 is 10.1 Å². The second kappa shape index (κ2) is 11.3. The minimum absolute atomic E-state index is 0.137. The van der Waals surface area contributed by atoms with Crippen LogP contribution in [0.3, 0.4) is 0 Å². The fraction of sp³-hybridized carbons (Fsp3) is 0.391. The van der Waals surface area contributed by atoms with Gasteiger partial charge < -0.3 is 19.5 Å². The smallest absolute Gasteiger partial charge is 0.306 e. The number of hydrogen-bond acceptors (Lipinski definition) is 7. The molecule has 1 saturated heterocycles. The van der Waals surface area contributed by atoms with E-state index in [9.17, 15) is 18.0 Å². The van der Waals surface area contributed by atoms with Crippen LogP contribution in [-0.2, 0) is 35.5 Å². The third-order valence-electron chi connectivity index (χ3n) is 5.18. The first-order valence-electron chi connectivity index (χ1n) is 10.6. The maximum absolute atomic E-state index is 12.7. The number of rotatable bonds is 9. The highest BCUT2D eigenvalue weighted by atomic mass is 32.2. The summed E-state index contributed by atoms with van der Waals surface area (Å²) < 4.78 is 42.2. The van der Waals surface area contributed by atoms with Crippen LogP contribution >= 0.6 is 0 Å². The van der Waals surface area contributed by atoms with E-state index in [1.807, 2.05) is 24.3 Å². The van der Waals surface area contributed by atoms with Crippen molar-refractivity contribution < 1.29 is 32.2 Å². The Morgan fingerprint density at radius 1 is 1.06 bits per heavy atom. The summed E-state index contributed by atoms with van der Waals surface area (Å²) in [4.78, 5) is 24.6. The third kappa shape index (κ3) is 6.77. The number of morpholine rings is 1. The molecule has 1 amide bonds. The molecule has 0 spiro atoms. The number of hydrogen-bond donors (Lipinski definition) is 1. The molecule has 178 valence electrons. The number of nitrogens with one attached hydrogen (secondary N) is 1. The van der Waals surface area contributed by atoms with E-state index in [1.54, 1.807) is 7.11 Å². The highest BCUT2D eigenvalue weighted by molar-refractivity contribution is 7.89. The molecular formula is C23H28N2O7S. The number of carbonyl (C=O) groups excluding carboxylic acids is 2. The van der Waals surface area contributed by atoms with E-state index in [0.717, 1.165) is 11.3 Å². The van der Waals surface area contributed by atoms with Gasteiger partial charge >= 0.3 is 5.97 Å². The number of carbonyl (C=O) groups is 2. The van der Waals surface area contributed by atoms with Crippen molar-refractivity contribution in [1.29, 1.82) is 0 Å². The minimum atomic E-state index is -3.61. The lowest BCUT2D eigenvalue weighted by atomic mass is 10.1. The number of anilines is 1. The molecule has 1 aliphatic rings. The molecular weight excluding hydrogens is 448 g/mol. The summed E-state index contributed by atoms with van der Waals surface area (Å²) in [6.07, 6.45) is -0.376. The van der Waals surface area contributed by atoms with Crippen molar-refractivity contribution >= 4 is 27.6 Å². The highest BCUT2D eigenvalue weighted by Gasteiger charge is 2.26. The van der Waals surface area contributed by atoms with Gasteiger partial charge in [-0.05, 0) is 55.3 Å². The van der Waals surface area contributed by atoms with Crippen molar-refractivity contribution in [2.75, 3.05) is 38.7 Å². The minimum Gasteiger partial charge on any atom is -0.497 e. The zero-order valence-corrected chi connectivity index (χ0v) is 19.5. The predicted octanol–water partition coefficient (Wildman–Crippen LogP) is 2.22. The molecule has 0 aromatic heterocycles. The number of methoxy groups -OCH3 is 1. The van der Waals surface area contributed by atoms with Gasteiger partial charge in [-0.15, -0.1) is 0 Å². The Hall–Kier alpha value is -2.95. The molecule has 2 aromatic rings. The van der Waals surface area contributed by atoms with Crippen LogP contribution in [-0.4, -0.2) is 64.1 Å². The van der Waals surface area contributed by atoms with Crippen molar-refractivity contribution in [1.82, 2.24) is 4.31 Å². The molecule has 10 heteroatoms. The maximum Gasteiger partial charge on any atom is 0.306 e. The zero-order valence-electron chi connectivity index (χ0n) is 18.7. The summed E-state index contributed by atoms with van der Waals surface area (Å²) >= 11 is 0. The Kier molecular flexibility index (Phi) is 8.43. The quantitative estimate of drug-likeness (QED) is 0.553. The lowest BCUT2D eigenvalue weighted by molar-refractivity contribution is -0.153. The van der Waals surface area contributed by atoms with Crippen molar-refractivity contribution in [2.24, 2.45) is 0 Å². The Bertz CT molecular complexity index is 1050. The Morgan fingerprint density at radius 2 is 1.70 bits per heavy atom. The van der Waals surface area contributed by atoms with E-state index in [-0.39, 0.29) is 11.3 Å². The van der Waals surface area contributed by atoms with Crippen molar-refractivity contribution in [3.05, 3.63) is 54.1 Å². The van der Waals surface area contributed by atoms with E-state index >= 15 is 0 Å². The van der Waals surface area contributed by atoms with Crippen LogP contribution in [0.25, 0.3) is 0 Å². The average molecular weight is 477 g/mol. The average Bonchev–Trinajstić information content (AvgIpc) is 2.84. The number of benzene rings is 2. The number of amides is 1. The van der Waals surface area contributed by atoms with Gasteiger partial charge in [0.25, 0.3) is 5.91 Å². The topological polar surface area (TPSA) is 111 Å². The molecule has 1 atom stereocenters. The van der Waals surface area contributed by atoms with Crippen LogP contribution in [0.5, 0.6) is 5.75 Å². The molecule has 1 heterocycles. The molecule has 33 heavy (non-hydrogen) atoms. The van der Waals surface area contributed by atoms with E-state index < -0.39 is 28.0 Å². The van der Waals surface area contributed by atoms with E-state index in [1.165, 1.54) is 35.5 Å². The fourth-order valence-electron chi connectivity index (χ4n) is 3.24. The standard InChI is InChI=1S/C23H28N2O7S/c1-17(32-22(26)12-5-18-3-8-20(30-2)9-4-18)23(27)24-19-6-10-21(11-7-19)33(28,29)25-13-15-31-16-14-25/h3-4,6-11,17H,5,12-16H2,1-2H3,(H,24,27). The maximum atomic E-state index is 12.7. The fourth-order valence-corrected chi connectivity index (χ4v) is 4.65. The molecule has 0 radical (unpaired) electrons. The Labute approximate surface area is 193 Å². The monoisotopic (exact) mass is 476 g/mol. The first kappa shape index (κ1) is 24.7. The highest BCUT2D eigenvalue weighted by Crippen LogP contribution is 2.20. The Balaban J connectivity index is 1.48. The van der Waals surface area contributed by atoms with Gasteiger partial charge in [-0.3, -0.25) is 9.59 Å². The van der Waals surface area contributed by atoms with Crippen LogP contribution in [0.15, 0.2) is 53.4 Å². The van der Waals surface area contributed by atoms with Gasteiger partial charge in [0.2, 0.25) is 10.0 Å². The third-order valence-corrected chi connectivity index (χ3v) is 7.10. The molecule has 1 N–H and O–H groups in total. The van der Waals surface area contributed by atoms with Crippen LogP contribution in [0.4, 0.5) is 5.69 Å². The van der Waals surface area contributed by atoms with Gasteiger partial charge in [0.1, 0.15) is 5.75 Å². The summed E-state index contributed by atoms with van der Waals surface area (Å²) in [5.74, 6) is -0.254. The molecule has 0 aliphatic carbocycles. The molecule has 0 saturated carbocycles. The van der Waals surface area contributed by atoms with Crippen molar-refractivity contribution in [3.8, 4) is 5.75 Å². The number of esters is 1. The van der Waals surface area contributed by atoms with Crippen molar-refractivity contribution in [3.63, 3.8) is 0 Å². The lowest BCUT2D eigenvalue weighted by Gasteiger charge is -2.26. The predicted molar refractivity (Wildman–Crippen MR) is 122 cm³/mol. The first-order valence-corrected chi connectivity index (χ1v) is 12.0. The van der Waals surface area contributed by atoms with Gasteiger partial charge in [-0.2, -0.15) is 4.31 Å². The number of ether oxygens (including phenoxy) is 3.